The summed E-state index contributed by atoms with van der Waals surface area (Å²) in [5.74, 6) is -0.365. The predicted molar refractivity (Wildman–Crippen MR) is 62.2 cm³/mol. The van der Waals surface area contributed by atoms with Gasteiger partial charge in [-0.05, 0) is 30.5 Å². The number of rotatable bonds is 1. The van der Waals surface area contributed by atoms with Gasteiger partial charge in [0.05, 0.1) is 17.7 Å². The van der Waals surface area contributed by atoms with E-state index in [1.165, 1.54) is 25.5 Å². The maximum Gasteiger partial charge on any atom is 0.339 e. The number of esters is 1. The Kier molecular flexibility index (Phi) is 1.96. The summed E-state index contributed by atoms with van der Waals surface area (Å²) in [6.07, 6.45) is 2.38. The minimum absolute atomic E-state index is 0.267. The number of methoxy groups -OCH3 is 1. The molecule has 1 saturated carbocycles. The third-order valence-electron chi connectivity index (χ3n) is 3.55. The lowest BCUT2D eigenvalue weighted by Crippen LogP contribution is -2.09. The second-order valence-electron chi connectivity index (χ2n) is 4.50. The lowest BCUT2D eigenvalue weighted by molar-refractivity contribution is 0.0601. The van der Waals surface area contributed by atoms with Crippen LogP contribution in [0.1, 0.15) is 28.8 Å². The van der Waals surface area contributed by atoms with Gasteiger partial charge >= 0.3 is 5.97 Å². The van der Waals surface area contributed by atoms with Crippen LogP contribution in [0, 0.1) is 0 Å². The predicted octanol–water partition coefficient (Wildman–Crippen LogP) is 2.58. The van der Waals surface area contributed by atoms with Gasteiger partial charge in [-0.25, -0.2) is 4.79 Å². The SMILES string of the molecule is COC(=O)c1cc2c(cc1Cl)NCC21CC1. The maximum absolute atomic E-state index is 11.5. The van der Waals surface area contributed by atoms with Crippen molar-refractivity contribution in [1.82, 2.24) is 0 Å². The Hall–Kier alpha value is -1.22. The highest BCUT2D eigenvalue weighted by molar-refractivity contribution is 6.34. The molecule has 1 N–H and O–H groups in total. The molecule has 0 bridgehead atoms. The fourth-order valence-corrected chi connectivity index (χ4v) is 2.62. The molecule has 1 aromatic rings. The molecule has 0 aromatic heterocycles. The van der Waals surface area contributed by atoms with Gasteiger partial charge in [0.1, 0.15) is 0 Å². The van der Waals surface area contributed by atoms with Gasteiger partial charge < -0.3 is 10.1 Å². The van der Waals surface area contributed by atoms with Crippen LogP contribution in [0.25, 0.3) is 0 Å². The molecule has 4 heteroatoms. The number of benzene rings is 1. The van der Waals surface area contributed by atoms with Crippen LogP contribution in [0.2, 0.25) is 5.02 Å². The molecule has 3 rings (SSSR count). The van der Waals surface area contributed by atoms with E-state index < -0.39 is 0 Å². The lowest BCUT2D eigenvalue weighted by atomic mass is 9.96. The normalized spacial score (nSPS) is 19.1. The van der Waals surface area contributed by atoms with Gasteiger partial charge in [-0.15, -0.1) is 0 Å². The van der Waals surface area contributed by atoms with Gasteiger partial charge in [-0.1, -0.05) is 11.6 Å². The Bertz CT molecular complexity index is 480. The lowest BCUT2D eigenvalue weighted by Gasteiger charge is -2.09. The first kappa shape index (κ1) is 9.97. The summed E-state index contributed by atoms with van der Waals surface area (Å²) in [7, 11) is 1.37. The Morgan fingerprint density at radius 1 is 1.50 bits per heavy atom. The minimum atomic E-state index is -0.365. The van der Waals surface area contributed by atoms with E-state index in [4.69, 9.17) is 16.3 Å². The monoisotopic (exact) mass is 237 g/mol. The van der Waals surface area contributed by atoms with Gasteiger partial charge in [0.2, 0.25) is 0 Å². The number of ether oxygens (including phenoxy) is 1. The summed E-state index contributed by atoms with van der Waals surface area (Å²) in [6.45, 7) is 0.962. The number of halogens is 1. The van der Waals surface area contributed by atoms with Crippen molar-refractivity contribution >= 4 is 23.3 Å². The van der Waals surface area contributed by atoms with Crippen molar-refractivity contribution in [3.8, 4) is 0 Å². The van der Waals surface area contributed by atoms with Crippen molar-refractivity contribution in [3.05, 3.63) is 28.3 Å². The standard InChI is InChI=1S/C12H12ClNO2/c1-16-11(15)7-4-8-10(5-9(7)13)14-6-12(8)2-3-12/h4-5,14H,2-3,6H2,1H3. The molecular formula is C12H12ClNO2. The molecule has 0 unspecified atom stereocenters. The molecule has 0 radical (unpaired) electrons. The third kappa shape index (κ3) is 1.24. The van der Waals surface area contributed by atoms with Crippen LogP contribution in [0.15, 0.2) is 12.1 Å². The van der Waals surface area contributed by atoms with Gasteiger partial charge in [-0.3, -0.25) is 0 Å². The van der Waals surface area contributed by atoms with E-state index in [1.807, 2.05) is 12.1 Å². The molecule has 1 aromatic carbocycles. The van der Waals surface area contributed by atoms with E-state index in [2.05, 4.69) is 5.32 Å². The molecule has 1 spiro atoms. The second kappa shape index (κ2) is 3.14. The number of carbonyl (C=O) groups is 1. The fraction of sp³-hybridized carbons (Fsp3) is 0.417. The van der Waals surface area contributed by atoms with Crippen LogP contribution in [-0.4, -0.2) is 19.6 Å². The Balaban J connectivity index is 2.12. The number of hydrogen-bond acceptors (Lipinski definition) is 3. The summed E-state index contributed by atoms with van der Waals surface area (Å²) in [5, 5.41) is 3.80. The molecule has 1 heterocycles. The number of hydrogen-bond donors (Lipinski definition) is 1. The van der Waals surface area contributed by atoms with Crippen molar-refractivity contribution in [2.24, 2.45) is 0 Å². The van der Waals surface area contributed by atoms with Crippen molar-refractivity contribution in [2.75, 3.05) is 19.0 Å². The van der Waals surface area contributed by atoms with E-state index in [1.54, 1.807) is 0 Å². The van der Waals surface area contributed by atoms with E-state index in [9.17, 15) is 4.79 Å². The molecule has 84 valence electrons. The summed E-state index contributed by atoms with van der Waals surface area (Å²) < 4.78 is 4.72. The van der Waals surface area contributed by atoms with Crippen molar-refractivity contribution < 1.29 is 9.53 Å². The molecule has 1 aliphatic heterocycles. The molecule has 0 atom stereocenters. The average molecular weight is 238 g/mol. The molecule has 1 aliphatic carbocycles. The fourth-order valence-electron chi connectivity index (χ4n) is 2.38. The number of anilines is 1. The van der Waals surface area contributed by atoms with Crippen molar-refractivity contribution in [3.63, 3.8) is 0 Å². The largest absolute Gasteiger partial charge is 0.465 e. The Labute approximate surface area is 98.7 Å². The molecular weight excluding hydrogens is 226 g/mol. The minimum Gasteiger partial charge on any atom is -0.465 e. The van der Waals surface area contributed by atoms with Crippen LogP contribution < -0.4 is 5.32 Å². The number of carbonyl (C=O) groups excluding carboxylic acids is 1. The van der Waals surface area contributed by atoms with Crippen LogP contribution in [-0.2, 0) is 10.2 Å². The van der Waals surface area contributed by atoms with Gasteiger partial charge in [0.15, 0.2) is 0 Å². The topological polar surface area (TPSA) is 38.3 Å². The van der Waals surface area contributed by atoms with Crippen LogP contribution in [0.3, 0.4) is 0 Å². The smallest absolute Gasteiger partial charge is 0.339 e. The van der Waals surface area contributed by atoms with E-state index in [-0.39, 0.29) is 11.4 Å². The van der Waals surface area contributed by atoms with Gasteiger partial charge in [0.25, 0.3) is 0 Å². The van der Waals surface area contributed by atoms with E-state index in [0.29, 0.717) is 10.6 Å². The Morgan fingerprint density at radius 2 is 2.25 bits per heavy atom. The van der Waals surface area contributed by atoms with Crippen LogP contribution in [0.4, 0.5) is 5.69 Å². The molecule has 16 heavy (non-hydrogen) atoms. The molecule has 1 fully saturated rings. The zero-order chi connectivity index (χ0) is 11.3. The first-order chi connectivity index (χ1) is 7.66. The Morgan fingerprint density at radius 3 is 2.88 bits per heavy atom. The summed E-state index contributed by atoms with van der Waals surface area (Å²) >= 11 is 6.05. The highest BCUT2D eigenvalue weighted by Gasteiger charge is 2.49. The maximum atomic E-state index is 11.5. The van der Waals surface area contributed by atoms with Crippen LogP contribution >= 0.6 is 11.6 Å². The molecule has 0 amide bonds. The van der Waals surface area contributed by atoms with Crippen molar-refractivity contribution in [2.45, 2.75) is 18.3 Å². The highest BCUT2D eigenvalue weighted by Crippen LogP contribution is 2.55. The van der Waals surface area contributed by atoms with E-state index in [0.717, 1.165) is 12.2 Å². The first-order valence-corrected chi connectivity index (χ1v) is 5.70. The average Bonchev–Trinajstić information content (AvgIpc) is 2.98. The summed E-state index contributed by atoms with van der Waals surface area (Å²) in [4.78, 5) is 11.5. The molecule has 0 saturated heterocycles. The van der Waals surface area contributed by atoms with Gasteiger partial charge in [0, 0.05) is 17.6 Å². The quantitative estimate of drug-likeness (QED) is 0.763. The second-order valence-corrected chi connectivity index (χ2v) is 4.91. The third-order valence-corrected chi connectivity index (χ3v) is 3.87. The molecule has 3 nitrogen and oxygen atoms in total. The van der Waals surface area contributed by atoms with Crippen LogP contribution in [0.5, 0.6) is 0 Å². The van der Waals surface area contributed by atoms with E-state index >= 15 is 0 Å². The number of fused-ring (bicyclic) bond motifs is 2. The van der Waals surface area contributed by atoms with Crippen molar-refractivity contribution in [1.29, 1.82) is 0 Å². The zero-order valence-corrected chi connectivity index (χ0v) is 9.73. The summed E-state index contributed by atoms with van der Waals surface area (Å²) in [6, 6.07) is 3.71. The molecule has 2 aliphatic rings. The highest BCUT2D eigenvalue weighted by atomic mass is 35.5. The first-order valence-electron chi connectivity index (χ1n) is 5.32. The number of nitrogens with one attached hydrogen (secondary N) is 1. The zero-order valence-electron chi connectivity index (χ0n) is 8.97. The summed E-state index contributed by atoms with van der Waals surface area (Å²) in [5.41, 5.74) is 3.02. The van der Waals surface area contributed by atoms with Gasteiger partial charge in [-0.2, -0.15) is 0 Å².